The number of aromatic nitrogens is 4. The Bertz CT molecular complexity index is 700. The van der Waals surface area contributed by atoms with Crippen LogP contribution in [0.15, 0.2) is 21.0 Å². The highest BCUT2D eigenvalue weighted by Gasteiger charge is 2.13. The summed E-state index contributed by atoms with van der Waals surface area (Å²) in [6.07, 6.45) is 1.66. The molecular formula is C12H17N7OS. The third kappa shape index (κ3) is 3.70. The second kappa shape index (κ2) is 6.55. The summed E-state index contributed by atoms with van der Waals surface area (Å²) in [5.74, 6) is 6.89. The lowest BCUT2D eigenvalue weighted by molar-refractivity contribution is 0.800. The number of nitrogens with zero attached hydrogens (tertiary/aromatic N) is 3. The molecule has 9 heteroatoms. The maximum absolute atomic E-state index is 11.4. The van der Waals surface area contributed by atoms with Gasteiger partial charge in [0.15, 0.2) is 5.16 Å². The SMILES string of the molecule is CCCc1nc(NN)c(C)c(Sc2nc(N)cc(=O)[nH]2)n1. The summed E-state index contributed by atoms with van der Waals surface area (Å²) < 4.78 is 0. The summed E-state index contributed by atoms with van der Waals surface area (Å²) in [5.41, 5.74) is 8.62. The molecule has 2 aromatic heterocycles. The van der Waals surface area contributed by atoms with E-state index in [1.807, 2.05) is 13.8 Å². The van der Waals surface area contributed by atoms with Crippen LogP contribution in [0.2, 0.25) is 0 Å². The van der Waals surface area contributed by atoms with Crippen LogP contribution in [-0.2, 0) is 6.42 Å². The Kier molecular flexibility index (Phi) is 4.76. The zero-order chi connectivity index (χ0) is 15.4. The fourth-order valence-electron chi connectivity index (χ4n) is 1.71. The van der Waals surface area contributed by atoms with Crippen LogP contribution in [0.4, 0.5) is 11.6 Å². The van der Waals surface area contributed by atoms with Gasteiger partial charge in [-0.3, -0.25) is 4.79 Å². The Morgan fingerprint density at radius 3 is 2.76 bits per heavy atom. The van der Waals surface area contributed by atoms with Gasteiger partial charge in [-0.2, -0.15) is 0 Å². The number of aromatic amines is 1. The molecule has 0 radical (unpaired) electrons. The number of hydrogen-bond donors (Lipinski definition) is 4. The van der Waals surface area contributed by atoms with Gasteiger partial charge in [-0.15, -0.1) is 0 Å². The summed E-state index contributed by atoms with van der Waals surface area (Å²) in [6, 6.07) is 1.23. The fraction of sp³-hybridized carbons (Fsp3) is 0.333. The van der Waals surface area contributed by atoms with E-state index in [-0.39, 0.29) is 11.4 Å². The van der Waals surface area contributed by atoms with Gasteiger partial charge in [0.1, 0.15) is 22.5 Å². The average molecular weight is 307 g/mol. The van der Waals surface area contributed by atoms with Gasteiger partial charge in [0.25, 0.3) is 5.56 Å². The highest BCUT2D eigenvalue weighted by atomic mass is 32.2. The predicted molar refractivity (Wildman–Crippen MR) is 82.0 cm³/mol. The van der Waals surface area contributed by atoms with Crippen LogP contribution < -0.4 is 22.6 Å². The van der Waals surface area contributed by atoms with Crippen molar-refractivity contribution in [2.45, 2.75) is 36.9 Å². The highest BCUT2D eigenvalue weighted by molar-refractivity contribution is 7.99. The first kappa shape index (κ1) is 15.3. The molecule has 21 heavy (non-hydrogen) atoms. The van der Waals surface area contributed by atoms with E-state index in [2.05, 4.69) is 25.4 Å². The van der Waals surface area contributed by atoms with E-state index in [4.69, 9.17) is 11.6 Å². The molecule has 0 unspecified atom stereocenters. The molecule has 0 saturated carbocycles. The molecule has 0 aliphatic carbocycles. The minimum Gasteiger partial charge on any atom is -0.383 e. The van der Waals surface area contributed by atoms with Crippen molar-refractivity contribution in [3.63, 3.8) is 0 Å². The van der Waals surface area contributed by atoms with Gasteiger partial charge in [0.2, 0.25) is 0 Å². The zero-order valence-electron chi connectivity index (χ0n) is 11.8. The summed E-state index contributed by atoms with van der Waals surface area (Å²) >= 11 is 1.22. The molecule has 0 aliphatic heterocycles. The van der Waals surface area contributed by atoms with E-state index in [9.17, 15) is 4.79 Å². The van der Waals surface area contributed by atoms with Crippen molar-refractivity contribution in [1.29, 1.82) is 0 Å². The minimum absolute atomic E-state index is 0.166. The van der Waals surface area contributed by atoms with Gasteiger partial charge in [0.05, 0.1) is 0 Å². The van der Waals surface area contributed by atoms with Crippen LogP contribution in [0.5, 0.6) is 0 Å². The standard InChI is InChI=1S/C12H17N7OS/c1-3-4-8-16-10(19-14)6(2)11(17-8)21-12-15-7(13)5-9(20)18-12/h5H,3-4,14H2,1-2H3,(H,16,17,19)(H3,13,15,18,20). The molecule has 2 aromatic rings. The normalized spacial score (nSPS) is 10.6. The lowest BCUT2D eigenvalue weighted by Gasteiger charge is -2.11. The van der Waals surface area contributed by atoms with Gasteiger partial charge in [-0.1, -0.05) is 6.92 Å². The second-order valence-corrected chi connectivity index (χ2v) is 5.37. The molecule has 0 aromatic carbocycles. The molecule has 0 spiro atoms. The molecule has 0 aliphatic rings. The number of nitrogen functional groups attached to an aromatic ring is 2. The quantitative estimate of drug-likeness (QED) is 0.276. The van der Waals surface area contributed by atoms with E-state index < -0.39 is 0 Å². The van der Waals surface area contributed by atoms with Crippen LogP contribution in [0, 0.1) is 6.92 Å². The number of H-pyrrole nitrogens is 1. The number of anilines is 2. The molecular weight excluding hydrogens is 290 g/mol. The number of hydrazine groups is 1. The Morgan fingerprint density at radius 1 is 1.38 bits per heavy atom. The van der Waals surface area contributed by atoms with Crippen LogP contribution >= 0.6 is 11.8 Å². The van der Waals surface area contributed by atoms with Gasteiger partial charge >= 0.3 is 0 Å². The van der Waals surface area contributed by atoms with Crippen molar-refractivity contribution < 1.29 is 0 Å². The number of rotatable bonds is 5. The molecule has 0 bridgehead atoms. The van der Waals surface area contributed by atoms with Crippen molar-refractivity contribution in [2.75, 3.05) is 11.2 Å². The van der Waals surface area contributed by atoms with E-state index >= 15 is 0 Å². The van der Waals surface area contributed by atoms with Crippen LogP contribution in [0.1, 0.15) is 24.7 Å². The number of hydrogen-bond acceptors (Lipinski definition) is 8. The first-order chi connectivity index (χ1) is 10.0. The van der Waals surface area contributed by atoms with Gasteiger partial charge in [-0.25, -0.2) is 20.8 Å². The zero-order valence-corrected chi connectivity index (χ0v) is 12.6. The van der Waals surface area contributed by atoms with Crippen molar-refractivity contribution in [3.8, 4) is 0 Å². The van der Waals surface area contributed by atoms with Crippen LogP contribution in [-0.4, -0.2) is 19.9 Å². The number of nitrogens with two attached hydrogens (primary N) is 2. The first-order valence-electron chi connectivity index (χ1n) is 6.42. The first-order valence-corrected chi connectivity index (χ1v) is 7.24. The monoisotopic (exact) mass is 307 g/mol. The molecule has 8 nitrogen and oxygen atoms in total. The van der Waals surface area contributed by atoms with Gasteiger partial charge < -0.3 is 16.1 Å². The molecule has 0 amide bonds. The highest BCUT2D eigenvalue weighted by Crippen LogP contribution is 2.28. The van der Waals surface area contributed by atoms with E-state index in [1.165, 1.54) is 17.8 Å². The Hall–Kier alpha value is -2.13. The molecule has 2 heterocycles. The molecule has 0 saturated heterocycles. The maximum Gasteiger partial charge on any atom is 0.253 e. The molecule has 6 N–H and O–H groups in total. The third-order valence-electron chi connectivity index (χ3n) is 2.69. The van der Waals surface area contributed by atoms with Gasteiger partial charge in [-0.05, 0) is 25.1 Å². The van der Waals surface area contributed by atoms with Crippen molar-refractivity contribution in [2.24, 2.45) is 5.84 Å². The lowest BCUT2D eigenvalue weighted by atomic mass is 10.3. The Labute approximate surface area is 125 Å². The maximum atomic E-state index is 11.4. The van der Waals surface area contributed by atoms with E-state index in [0.29, 0.717) is 21.8 Å². The van der Waals surface area contributed by atoms with E-state index in [0.717, 1.165) is 18.4 Å². The van der Waals surface area contributed by atoms with Gasteiger partial charge in [0, 0.05) is 18.1 Å². The largest absolute Gasteiger partial charge is 0.383 e. The fourth-order valence-corrected chi connectivity index (χ4v) is 2.60. The summed E-state index contributed by atoms with van der Waals surface area (Å²) in [7, 11) is 0. The Morgan fingerprint density at radius 2 is 2.14 bits per heavy atom. The Balaban J connectivity index is 2.42. The molecule has 0 fully saturated rings. The summed E-state index contributed by atoms with van der Waals surface area (Å²) in [4.78, 5) is 26.9. The molecule has 112 valence electrons. The minimum atomic E-state index is -0.303. The summed E-state index contributed by atoms with van der Waals surface area (Å²) in [6.45, 7) is 3.89. The molecule has 2 rings (SSSR count). The second-order valence-electron chi connectivity index (χ2n) is 4.39. The van der Waals surface area contributed by atoms with Crippen LogP contribution in [0.3, 0.4) is 0 Å². The smallest absolute Gasteiger partial charge is 0.253 e. The van der Waals surface area contributed by atoms with Crippen molar-refractivity contribution in [3.05, 3.63) is 27.8 Å². The molecule has 0 atom stereocenters. The lowest BCUT2D eigenvalue weighted by Crippen LogP contribution is -2.14. The average Bonchev–Trinajstić information content (AvgIpc) is 2.41. The van der Waals surface area contributed by atoms with E-state index in [1.54, 1.807) is 0 Å². The summed E-state index contributed by atoms with van der Waals surface area (Å²) in [5, 5.41) is 1.06. The third-order valence-corrected chi connectivity index (χ3v) is 3.67. The number of aryl methyl sites for hydroxylation is 1. The predicted octanol–water partition coefficient (Wildman–Crippen LogP) is 0.840. The van der Waals surface area contributed by atoms with Crippen molar-refractivity contribution >= 4 is 23.4 Å². The number of nitrogens with one attached hydrogen (secondary N) is 2. The topological polar surface area (TPSA) is 136 Å². The van der Waals surface area contributed by atoms with Crippen molar-refractivity contribution in [1.82, 2.24) is 19.9 Å². The van der Waals surface area contributed by atoms with Crippen LogP contribution in [0.25, 0.3) is 0 Å².